The van der Waals surface area contributed by atoms with Gasteiger partial charge in [0.25, 0.3) is 17.5 Å². The average Bonchev–Trinajstić information content (AvgIpc) is 2.92. The molecule has 0 aromatic heterocycles. The van der Waals surface area contributed by atoms with Gasteiger partial charge >= 0.3 is 0 Å². The molecule has 1 heterocycles. The van der Waals surface area contributed by atoms with Crippen LogP contribution in [0.4, 0.5) is 17.1 Å². The molecule has 1 fully saturated rings. The normalized spacial score (nSPS) is 13.2. The Bertz CT molecular complexity index is 1290. The molecule has 0 saturated carbocycles. The Labute approximate surface area is 214 Å². The third-order valence-corrected chi connectivity index (χ3v) is 6.32. The summed E-state index contributed by atoms with van der Waals surface area (Å²) in [5.74, 6) is 0.631. The number of rotatable bonds is 7. The second kappa shape index (κ2) is 11.0. The van der Waals surface area contributed by atoms with Crippen LogP contribution >= 0.6 is 0 Å². The van der Waals surface area contributed by atoms with Crippen LogP contribution in [0.5, 0.6) is 11.5 Å². The van der Waals surface area contributed by atoms with Crippen LogP contribution in [0.15, 0.2) is 60.7 Å². The van der Waals surface area contributed by atoms with E-state index in [1.807, 2.05) is 12.1 Å². The van der Waals surface area contributed by atoms with Gasteiger partial charge in [0.05, 0.1) is 19.1 Å². The van der Waals surface area contributed by atoms with Crippen LogP contribution in [0, 0.1) is 17.0 Å². The standard InChI is InChI=1S/C27H28N4O6/c1-18-4-5-19(16-25(18)31(34)35)26(32)28-21-6-8-22(9-7-21)29-10-12-30(13-11-29)27(33)20-14-23(36-2)17-24(15-20)37-3/h4-9,14-17H,10-13H2,1-3H3,(H,28,32). The number of ether oxygens (including phenoxy) is 2. The molecule has 0 bridgehead atoms. The number of hydrogen-bond donors (Lipinski definition) is 1. The molecule has 4 rings (SSSR count). The highest BCUT2D eigenvalue weighted by Crippen LogP contribution is 2.25. The smallest absolute Gasteiger partial charge is 0.273 e. The van der Waals surface area contributed by atoms with Gasteiger partial charge in [-0.15, -0.1) is 0 Å². The maximum absolute atomic E-state index is 13.0. The summed E-state index contributed by atoms with van der Waals surface area (Å²) in [5.41, 5.74) is 2.69. The van der Waals surface area contributed by atoms with E-state index in [0.717, 1.165) is 5.69 Å². The van der Waals surface area contributed by atoms with E-state index in [9.17, 15) is 19.7 Å². The summed E-state index contributed by atoms with van der Waals surface area (Å²) in [7, 11) is 3.10. The number of anilines is 2. The lowest BCUT2D eigenvalue weighted by atomic mass is 10.1. The van der Waals surface area contributed by atoms with Gasteiger partial charge in [-0.25, -0.2) is 0 Å². The third-order valence-electron chi connectivity index (χ3n) is 6.32. The number of hydrogen-bond acceptors (Lipinski definition) is 7. The first kappa shape index (κ1) is 25.5. The minimum atomic E-state index is -0.498. The molecule has 3 aromatic carbocycles. The molecule has 0 atom stereocenters. The highest BCUT2D eigenvalue weighted by molar-refractivity contribution is 6.04. The monoisotopic (exact) mass is 504 g/mol. The van der Waals surface area contributed by atoms with Crippen molar-refractivity contribution >= 4 is 28.9 Å². The lowest BCUT2D eigenvalue weighted by molar-refractivity contribution is -0.385. The number of carbonyl (C=O) groups excluding carboxylic acids is 2. The van der Waals surface area contributed by atoms with E-state index in [1.165, 1.54) is 6.07 Å². The van der Waals surface area contributed by atoms with E-state index in [0.29, 0.717) is 54.5 Å². The zero-order valence-electron chi connectivity index (χ0n) is 20.9. The first-order chi connectivity index (χ1) is 17.8. The lowest BCUT2D eigenvalue weighted by Crippen LogP contribution is -2.48. The molecule has 192 valence electrons. The molecule has 0 spiro atoms. The van der Waals surface area contributed by atoms with E-state index in [2.05, 4.69) is 10.2 Å². The van der Waals surface area contributed by atoms with Crippen LogP contribution in [-0.2, 0) is 0 Å². The predicted octanol–water partition coefficient (Wildman–Crippen LogP) is 4.14. The lowest BCUT2D eigenvalue weighted by Gasteiger charge is -2.36. The molecule has 37 heavy (non-hydrogen) atoms. The van der Waals surface area contributed by atoms with Crippen LogP contribution < -0.4 is 19.7 Å². The van der Waals surface area contributed by atoms with Crippen molar-refractivity contribution in [2.75, 3.05) is 50.6 Å². The van der Waals surface area contributed by atoms with Crippen LogP contribution in [0.1, 0.15) is 26.3 Å². The van der Waals surface area contributed by atoms with Crippen molar-refractivity contribution in [2.45, 2.75) is 6.92 Å². The van der Waals surface area contributed by atoms with Gasteiger partial charge in [-0.05, 0) is 49.4 Å². The number of methoxy groups -OCH3 is 2. The molecule has 10 heteroatoms. The number of nitro benzene ring substituents is 1. The molecule has 1 aliphatic heterocycles. The third kappa shape index (κ3) is 5.80. The van der Waals surface area contributed by atoms with Crippen LogP contribution in [0.3, 0.4) is 0 Å². The van der Waals surface area contributed by atoms with Crippen LogP contribution in [-0.4, -0.2) is 62.0 Å². The van der Waals surface area contributed by atoms with Gasteiger partial charge in [-0.1, -0.05) is 6.07 Å². The average molecular weight is 505 g/mol. The number of piperazine rings is 1. The number of amides is 2. The summed E-state index contributed by atoms with van der Waals surface area (Å²) < 4.78 is 10.6. The van der Waals surface area contributed by atoms with Gasteiger partial charge in [0.15, 0.2) is 0 Å². The molecule has 0 unspecified atom stereocenters. The van der Waals surface area contributed by atoms with Crippen molar-refractivity contribution in [1.29, 1.82) is 0 Å². The van der Waals surface area contributed by atoms with Crippen molar-refractivity contribution in [1.82, 2.24) is 4.90 Å². The summed E-state index contributed by atoms with van der Waals surface area (Å²) in [6, 6.07) is 16.9. The summed E-state index contributed by atoms with van der Waals surface area (Å²) in [6.07, 6.45) is 0. The molecule has 2 amide bonds. The van der Waals surface area contributed by atoms with E-state index in [-0.39, 0.29) is 17.2 Å². The number of nitro groups is 1. The molecule has 1 saturated heterocycles. The Hall–Kier alpha value is -4.60. The van der Waals surface area contributed by atoms with Crippen LogP contribution in [0.25, 0.3) is 0 Å². The Morgan fingerprint density at radius 1 is 0.865 bits per heavy atom. The SMILES string of the molecule is COc1cc(OC)cc(C(=O)N2CCN(c3ccc(NC(=O)c4ccc(C)c([N+](=O)[O-])c4)cc3)CC2)c1. The van der Waals surface area contributed by atoms with Crippen molar-refractivity contribution in [3.05, 3.63) is 87.5 Å². The number of benzene rings is 3. The van der Waals surface area contributed by atoms with Crippen LogP contribution in [0.2, 0.25) is 0 Å². The Morgan fingerprint density at radius 3 is 2.05 bits per heavy atom. The van der Waals surface area contributed by atoms with Gasteiger partial charge in [0.1, 0.15) is 11.5 Å². The molecule has 3 aromatic rings. The van der Waals surface area contributed by atoms with E-state index in [4.69, 9.17) is 9.47 Å². The topological polar surface area (TPSA) is 114 Å². The van der Waals surface area contributed by atoms with Gasteiger partial charge in [0, 0.05) is 66.4 Å². The maximum Gasteiger partial charge on any atom is 0.273 e. The van der Waals surface area contributed by atoms with E-state index < -0.39 is 10.8 Å². The molecule has 0 radical (unpaired) electrons. The summed E-state index contributed by atoms with van der Waals surface area (Å²) >= 11 is 0. The second-order valence-electron chi connectivity index (χ2n) is 8.64. The fraction of sp³-hybridized carbons (Fsp3) is 0.259. The van der Waals surface area contributed by atoms with Gasteiger partial charge < -0.3 is 24.6 Å². The second-order valence-corrected chi connectivity index (χ2v) is 8.64. The number of nitrogens with one attached hydrogen (secondary N) is 1. The number of nitrogens with zero attached hydrogens (tertiary/aromatic N) is 3. The zero-order valence-corrected chi connectivity index (χ0v) is 20.9. The predicted molar refractivity (Wildman–Crippen MR) is 140 cm³/mol. The minimum Gasteiger partial charge on any atom is -0.497 e. The highest BCUT2D eigenvalue weighted by atomic mass is 16.6. The fourth-order valence-corrected chi connectivity index (χ4v) is 4.19. The molecule has 0 aliphatic carbocycles. The number of carbonyl (C=O) groups is 2. The summed E-state index contributed by atoms with van der Waals surface area (Å²) in [4.78, 5) is 40.3. The Balaban J connectivity index is 1.36. The van der Waals surface area contributed by atoms with Crippen molar-refractivity contribution < 1.29 is 24.0 Å². The fourth-order valence-electron chi connectivity index (χ4n) is 4.19. The Morgan fingerprint density at radius 2 is 1.49 bits per heavy atom. The molecular weight excluding hydrogens is 476 g/mol. The zero-order chi connectivity index (χ0) is 26.5. The number of aryl methyl sites for hydroxylation is 1. The minimum absolute atomic E-state index is 0.0775. The highest BCUT2D eigenvalue weighted by Gasteiger charge is 2.23. The van der Waals surface area contributed by atoms with Crippen molar-refractivity contribution in [3.63, 3.8) is 0 Å². The summed E-state index contributed by atoms with van der Waals surface area (Å²) in [5, 5.41) is 13.9. The first-order valence-electron chi connectivity index (χ1n) is 11.7. The molecular formula is C27H28N4O6. The first-order valence-corrected chi connectivity index (χ1v) is 11.7. The van der Waals surface area contributed by atoms with Gasteiger partial charge in [0.2, 0.25) is 0 Å². The molecule has 10 nitrogen and oxygen atoms in total. The largest absolute Gasteiger partial charge is 0.497 e. The van der Waals surface area contributed by atoms with Gasteiger partial charge in [-0.3, -0.25) is 19.7 Å². The van der Waals surface area contributed by atoms with Crippen molar-refractivity contribution in [2.24, 2.45) is 0 Å². The van der Waals surface area contributed by atoms with E-state index in [1.54, 1.807) is 68.5 Å². The van der Waals surface area contributed by atoms with Gasteiger partial charge in [-0.2, -0.15) is 0 Å². The molecule has 1 N–H and O–H groups in total. The molecule has 1 aliphatic rings. The van der Waals surface area contributed by atoms with E-state index >= 15 is 0 Å². The van der Waals surface area contributed by atoms with Crippen molar-refractivity contribution in [3.8, 4) is 11.5 Å². The maximum atomic E-state index is 13.0. The summed E-state index contributed by atoms with van der Waals surface area (Å²) in [6.45, 7) is 4.06. The quantitative estimate of drug-likeness (QED) is 0.380. The Kier molecular flexibility index (Phi) is 7.57.